The SMILES string of the molecule is C[C@H]([C@@H]1CCCC1[P@@](c1ccccc1)C1CCCC1)N(C)C. The summed E-state index contributed by atoms with van der Waals surface area (Å²) in [5, 5.41) is 1.69. The van der Waals surface area contributed by atoms with Gasteiger partial charge in [0.05, 0.1) is 0 Å². The van der Waals surface area contributed by atoms with Crippen molar-refractivity contribution in [2.24, 2.45) is 5.92 Å². The zero-order chi connectivity index (χ0) is 15.5. The van der Waals surface area contributed by atoms with Gasteiger partial charge < -0.3 is 4.90 Å². The molecule has 1 aromatic rings. The Morgan fingerprint density at radius 1 is 0.955 bits per heavy atom. The summed E-state index contributed by atoms with van der Waals surface area (Å²) in [6.07, 6.45) is 10.3. The van der Waals surface area contributed by atoms with Gasteiger partial charge in [-0.3, -0.25) is 0 Å². The van der Waals surface area contributed by atoms with E-state index in [9.17, 15) is 0 Å². The highest BCUT2D eigenvalue weighted by molar-refractivity contribution is 7.67. The van der Waals surface area contributed by atoms with Gasteiger partial charge in [-0.05, 0) is 69.2 Å². The van der Waals surface area contributed by atoms with Crippen LogP contribution in [0, 0.1) is 5.92 Å². The summed E-state index contributed by atoms with van der Waals surface area (Å²) in [4.78, 5) is 2.45. The average molecular weight is 317 g/mol. The van der Waals surface area contributed by atoms with E-state index in [-0.39, 0.29) is 7.92 Å². The Balaban J connectivity index is 1.88. The molecule has 0 bridgehead atoms. The van der Waals surface area contributed by atoms with Crippen molar-refractivity contribution in [3.8, 4) is 0 Å². The van der Waals surface area contributed by atoms with Crippen molar-refractivity contribution < 1.29 is 0 Å². The van der Waals surface area contributed by atoms with Crippen LogP contribution in [0.15, 0.2) is 30.3 Å². The molecule has 2 aliphatic carbocycles. The van der Waals surface area contributed by atoms with Crippen LogP contribution in [-0.4, -0.2) is 36.4 Å². The largest absolute Gasteiger partial charge is 0.306 e. The monoisotopic (exact) mass is 317 g/mol. The molecule has 0 radical (unpaired) electrons. The summed E-state index contributed by atoms with van der Waals surface area (Å²) in [7, 11) is 4.55. The number of hydrogen-bond donors (Lipinski definition) is 0. The number of benzene rings is 1. The van der Waals surface area contributed by atoms with Gasteiger partial charge in [0, 0.05) is 6.04 Å². The van der Waals surface area contributed by atoms with Crippen LogP contribution in [0.2, 0.25) is 0 Å². The fourth-order valence-electron chi connectivity index (χ4n) is 4.72. The summed E-state index contributed by atoms with van der Waals surface area (Å²) in [6, 6.07) is 12.3. The van der Waals surface area contributed by atoms with Crippen molar-refractivity contribution in [1.82, 2.24) is 4.90 Å². The third kappa shape index (κ3) is 3.41. The molecule has 2 aliphatic rings. The Morgan fingerprint density at radius 2 is 1.64 bits per heavy atom. The molecule has 0 aliphatic heterocycles. The lowest BCUT2D eigenvalue weighted by Crippen LogP contribution is -2.37. The topological polar surface area (TPSA) is 3.24 Å². The Hall–Kier alpha value is -0.390. The summed E-state index contributed by atoms with van der Waals surface area (Å²) < 4.78 is 0. The second-order valence-corrected chi connectivity index (χ2v) is 10.3. The Morgan fingerprint density at radius 3 is 2.27 bits per heavy atom. The van der Waals surface area contributed by atoms with Gasteiger partial charge in [-0.25, -0.2) is 0 Å². The van der Waals surface area contributed by atoms with E-state index >= 15 is 0 Å². The molecule has 2 fully saturated rings. The third-order valence-electron chi connectivity index (χ3n) is 6.10. The average Bonchev–Trinajstić information content (AvgIpc) is 3.20. The maximum absolute atomic E-state index is 2.45. The summed E-state index contributed by atoms with van der Waals surface area (Å²) >= 11 is 0. The zero-order valence-electron chi connectivity index (χ0n) is 14.5. The number of nitrogens with zero attached hydrogens (tertiary/aromatic N) is 1. The fraction of sp³-hybridized carbons (Fsp3) is 0.700. The number of rotatable bonds is 5. The summed E-state index contributed by atoms with van der Waals surface area (Å²) in [5.74, 6) is 0.905. The molecule has 0 amide bonds. The minimum Gasteiger partial charge on any atom is -0.306 e. The maximum Gasteiger partial charge on any atom is 0.00952 e. The normalized spacial score (nSPS) is 29.1. The standard InChI is InChI=1S/C20H32NP/c1-16(21(2)3)19-14-9-15-20(19)22(18-12-7-8-13-18)17-10-5-4-6-11-17/h4-6,10-11,16,18-20H,7-9,12-15H2,1-3H3/t16-,19+,20?,22+/m1/s1. The first-order valence-electron chi connectivity index (χ1n) is 9.18. The molecular formula is C20H32NP. The van der Waals surface area contributed by atoms with Crippen LogP contribution < -0.4 is 5.30 Å². The lowest BCUT2D eigenvalue weighted by Gasteiger charge is -2.38. The molecule has 3 rings (SSSR count). The zero-order valence-corrected chi connectivity index (χ0v) is 15.4. The quantitative estimate of drug-likeness (QED) is 0.701. The van der Waals surface area contributed by atoms with Gasteiger partial charge in [-0.2, -0.15) is 0 Å². The van der Waals surface area contributed by atoms with Crippen molar-refractivity contribution in [3.05, 3.63) is 30.3 Å². The predicted octanol–water partition coefficient (Wildman–Crippen LogP) is 4.86. The Labute approximate surface area is 138 Å². The molecule has 122 valence electrons. The first-order valence-corrected chi connectivity index (χ1v) is 10.7. The van der Waals surface area contributed by atoms with Crippen molar-refractivity contribution in [2.75, 3.05) is 14.1 Å². The minimum absolute atomic E-state index is 0.0188. The summed E-state index contributed by atoms with van der Waals surface area (Å²) in [6.45, 7) is 2.45. The van der Waals surface area contributed by atoms with E-state index < -0.39 is 0 Å². The third-order valence-corrected chi connectivity index (χ3v) is 9.65. The minimum atomic E-state index is 0.0188. The maximum atomic E-state index is 2.45. The Bertz CT molecular complexity index is 452. The van der Waals surface area contributed by atoms with Crippen molar-refractivity contribution >= 4 is 13.2 Å². The molecule has 1 unspecified atom stereocenters. The van der Waals surface area contributed by atoms with Crippen LogP contribution in [0.4, 0.5) is 0 Å². The number of hydrogen-bond acceptors (Lipinski definition) is 1. The van der Waals surface area contributed by atoms with E-state index in [0.717, 1.165) is 23.3 Å². The molecule has 0 spiro atoms. The lowest BCUT2D eigenvalue weighted by atomic mass is 9.98. The van der Waals surface area contributed by atoms with Crippen molar-refractivity contribution in [3.63, 3.8) is 0 Å². The smallest absolute Gasteiger partial charge is 0.00952 e. The molecule has 0 heterocycles. The first kappa shape index (κ1) is 16.5. The van der Waals surface area contributed by atoms with Crippen molar-refractivity contribution in [1.29, 1.82) is 0 Å². The van der Waals surface area contributed by atoms with E-state index in [4.69, 9.17) is 0 Å². The highest BCUT2D eigenvalue weighted by Gasteiger charge is 2.41. The van der Waals surface area contributed by atoms with E-state index in [1.807, 2.05) is 0 Å². The van der Waals surface area contributed by atoms with Gasteiger partial charge in [0.2, 0.25) is 0 Å². The molecule has 2 heteroatoms. The molecule has 0 aromatic heterocycles. The molecule has 1 aromatic carbocycles. The van der Waals surface area contributed by atoms with Gasteiger partial charge in [-0.15, -0.1) is 0 Å². The van der Waals surface area contributed by atoms with E-state index in [1.165, 1.54) is 44.9 Å². The fourth-order valence-corrected chi connectivity index (χ4v) is 8.77. The van der Waals surface area contributed by atoms with E-state index in [0.29, 0.717) is 0 Å². The van der Waals surface area contributed by atoms with Crippen LogP contribution >= 0.6 is 7.92 Å². The van der Waals surface area contributed by atoms with Gasteiger partial charge in [-0.1, -0.05) is 57.5 Å². The Kier molecular flexibility index (Phi) is 5.58. The molecule has 0 saturated heterocycles. The molecule has 22 heavy (non-hydrogen) atoms. The van der Waals surface area contributed by atoms with Crippen molar-refractivity contribution in [2.45, 2.75) is 69.2 Å². The molecule has 4 atom stereocenters. The lowest BCUT2D eigenvalue weighted by molar-refractivity contribution is 0.232. The summed E-state index contributed by atoms with van der Waals surface area (Å²) in [5.41, 5.74) is 1.95. The van der Waals surface area contributed by atoms with Crippen LogP contribution in [0.5, 0.6) is 0 Å². The van der Waals surface area contributed by atoms with Crippen LogP contribution in [0.3, 0.4) is 0 Å². The molecular weight excluding hydrogens is 285 g/mol. The van der Waals surface area contributed by atoms with E-state index in [1.54, 1.807) is 5.30 Å². The van der Waals surface area contributed by atoms with Gasteiger partial charge in [0.1, 0.15) is 0 Å². The molecule has 0 N–H and O–H groups in total. The predicted molar refractivity (Wildman–Crippen MR) is 99.5 cm³/mol. The second-order valence-electron chi connectivity index (χ2n) is 7.55. The van der Waals surface area contributed by atoms with Crippen LogP contribution in [-0.2, 0) is 0 Å². The highest BCUT2D eigenvalue weighted by atomic mass is 31.1. The van der Waals surface area contributed by atoms with Gasteiger partial charge in [0.25, 0.3) is 0 Å². The first-order chi connectivity index (χ1) is 10.7. The van der Waals surface area contributed by atoms with Crippen LogP contribution in [0.25, 0.3) is 0 Å². The molecule has 1 nitrogen and oxygen atoms in total. The van der Waals surface area contributed by atoms with Gasteiger partial charge >= 0.3 is 0 Å². The van der Waals surface area contributed by atoms with Gasteiger partial charge in [0.15, 0.2) is 0 Å². The molecule has 2 saturated carbocycles. The van der Waals surface area contributed by atoms with E-state index in [2.05, 4.69) is 56.3 Å². The van der Waals surface area contributed by atoms with Crippen LogP contribution in [0.1, 0.15) is 51.9 Å². The highest BCUT2D eigenvalue weighted by Crippen LogP contribution is 2.58. The second kappa shape index (κ2) is 7.45.